The van der Waals surface area contributed by atoms with Crippen LogP contribution in [0.1, 0.15) is 0 Å². The van der Waals surface area contributed by atoms with Crippen LogP contribution < -0.4 is 15.2 Å². The van der Waals surface area contributed by atoms with E-state index in [4.69, 9.17) is 15.2 Å². The molecule has 3 rings (SSSR count). The summed E-state index contributed by atoms with van der Waals surface area (Å²) in [6.45, 7) is 0. The largest absolute Gasteiger partial charge is 0.495 e. The Morgan fingerprint density at radius 3 is 2.95 bits per heavy atom. The fourth-order valence-electron chi connectivity index (χ4n) is 1.62. The molecule has 0 spiro atoms. The van der Waals surface area contributed by atoms with Gasteiger partial charge < -0.3 is 15.2 Å². The van der Waals surface area contributed by atoms with Gasteiger partial charge in [0.25, 0.3) is 0 Å². The Morgan fingerprint density at radius 2 is 2.16 bits per heavy atom. The highest BCUT2D eigenvalue weighted by molar-refractivity contribution is 5.56. The molecule has 0 saturated carbocycles. The van der Waals surface area contributed by atoms with Crippen molar-refractivity contribution in [1.29, 1.82) is 0 Å². The number of ether oxygens (including phenoxy) is 2. The molecule has 0 aliphatic rings. The van der Waals surface area contributed by atoms with Gasteiger partial charge in [0.2, 0.25) is 11.5 Å². The summed E-state index contributed by atoms with van der Waals surface area (Å²) in [6, 6.07) is 5.11. The zero-order valence-corrected chi connectivity index (χ0v) is 10.0. The summed E-state index contributed by atoms with van der Waals surface area (Å²) < 4.78 is 12.2. The fourth-order valence-corrected chi connectivity index (χ4v) is 1.62. The molecular weight excluding hydrogens is 248 g/mol. The number of fused-ring (bicyclic) bond motifs is 1. The molecule has 0 atom stereocenters. The maximum Gasteiger partial charge on any atom is 0.242 e. The fraction of sp³-hybridized carbons (Fsp3) is 0.0909. The first-order chi connectivity index (χ1) is 9.28. The summed E-state index contributed by atoms with van der Waals surface area (Å²) >= 11 is 0. The Kier molecular flexibility index (Phi) is 2.60. The van der Waals surface area contributed by atoms with Crippen LogP contribution in [0.15, 0.2) is 30.6 Å². The molecule has 2 aromatic heterocycles. The summed E-state index contributed by atoms with van der Waals surface area (Å²) in [7, 11) is 1.55. The molecule has 19 heavy (non-hydrogen) atoms. The first-order valence-electron chi connectivity index (χ1n) is 5.41. The molecule has 0 radical (unpaired) electrons. The van der Waals surface area contributed by atoms with Crippen molar-refractivity contribution >= 4 is 11.3 Å². The van der Waals surface area contributed by atoms with Gasteiger partial charge in [0.05, 0.1) is 25.2 Å². The van der Waals surface area contributed by atoms with Crippen LogP contribution >= 0.6 is 0 Å². The summed E-state index contributed by atoms with van der Waals surface area (Å²) in [6.07, 6.45) is 3.05. The SMILES string of the molecule is COc1ccc(Oc2cncc3nnnn23)cc1N. The highest BCUT2D eigenvalue weighted by Gasteiger charge is 2.08. The van der Waals surface area contributed by atoms with Crippen molar-refractivity contribution in [3.63, 3.8) is 0 Å². The molecule has 2 heterocycles. The lowest BCUT2D eigenvalue weighted by Crippen LogP contribution is -1.98. The van der Waals surface area contributed by atoms with Crippen LogP contribution in [-0.4, -0.2) is 32.1 Å². The molecule has 0 bridgehead atoms. The van der Waals surface area contributed by atoms with Gasteiger partial charge in [0.15, 0.2) is 0 Å². The van der Waals surface area contributed by atoms with Crippen LogP contribution in [0.3, 0.4) is 0 Å². The Morgan fingerprint density at radius 1 is 1.26 bits per heavy atom. The molecular formula is C11H10N6O2. The number of nitrogens with zero attached hydrogens (tertiary/aromatic N) is 5. The van der Waals surface area contributed by atoms with Crippen molar-refractivity contribution in [1.82, 2.24) is 25.0 Å². The average molecular weight is 258 g/mol. The van der Waals surface area contributed by atoms with E-state index >= 15 is 0 Å². The van der Waals surface area contributed by atoms with E-state index in [0.717, 1.165) is 0 Å². The minimum Gasteiger partial charge on any atom is -0.495 e. The second kappa shape index (κ2) is 4.41. The second-order valence-electron chi connectivity index (χ2n) is 3.70. The molecule has 1 aromatic carbocycles. The van der Waals surface area contributed by atoms with Gasteiger partial charge in [-0.05, 0) is 22.6 Å². The van der Waals surface area contributed by atoms with Crippen molar-refractivity contribution in [2.75, 3.05) is 12.8 Å². The monoisotopic (exact) mass is 258 g/mol. The van der Waals surface area contributed by atoms with Gasteiger partial charge in [0.1, 0.15) is 11.5 Å². The van der Waals surface area contributed by atoms with Gasteiger partial charge >= 0.3 is 0 Å². The molecule has 3 aromatic rings. The first-order valence-corrected chi connectivity index (χ1v) is 5.41. The number of methoxy groups -OCH3 is 1. The summed E-state index contributed by atoms with van der Waals surface area (Å²) in [4.78, 5) is 3.99. The molecule has 8 heteroatoms. The molecule has 0 unspecified atom stereocenters. The minimum absolute atomic E-state index is 0.395. The van der Waals surface area contributed by atoms with Crippen LogP contribution in [0.2, 0.25) is 0 Å². The maximum absolute atomic E-state index is 5.81. The van der Waals surface area contributed by atoms with Crippen LogP contribution in [0.25, 0.3) is 5.65 Å². The van der Waals surface area contributed by atoms with Crippen LogP contribution in [0.5, 0.6) is 17.4 Å². The van der Waals surface area contributed by atoms with Gasteiger partial charge in [0, 0.05) is 6.07 Å². The van der Waals surface area contributed by atoms with Gasteiger partial charge in [-0.2, -0.15) is 4.52 Å². The Balaban J connectivity index is 1.97. The van der Waals surface area contributed by atoms with E-state index in [-0.39, 0.29) is 0 Å². The van der Waals surface area contributed by atoms with E-state index in [1.54, 1.807) is 25.3 Å². The topological polar surface area (TPSA) is 100 Å². The predicted molar refractivity (Wildman–Crippen MR) is 66.1 cm³/mol. The molecule has 0 saturated heterocycles. The quantitative estimate of drug-likeness (QED) is 0.696. The maximum atomic E-state index is 5.81. The molecule has 0 amide bonds. The minimum atomic E-state index is 0.395. The third kappa shape index (κ3) is 1.99. The number of nitrogens with two attached hydrogens (primary N) is 1. The Hall–Kier alpha value is -2.90. The molecule has 8 nitrogen and oxygen atoms in total. The van der Waals surface area contributed by atoms with E-state index < -0.39 is 0 Å². The number of anilines is 1. The molecule has 0 fully saturated rings. The number of rotatable bonds is 3. The molecule has 0 aliphatic carbocycles. The van der Waals surface area contributed by atoms with Crippen LogP contribution in [0, 0.1) is 0 Å². The predicted octanol–water partition coefficient (Wildman–Crippen LogP) is 0.902. The zero-order chi connectivity index (χ0) is 13.2. The van der Waals surface area contributed by atoms with Crippen molar-refractivity contribution in [2.45, 2.75) is 0 Å². The van der Waals surface area contributed by atoms with Crippen molar-refractivity contribution < 1.29 is 9.47 Å². The first kappa shape index (κ1) is 11.2. The third-order valence-corrected chi connectivity index (χ3v) is 2.50. The lowest BCUT2D eigenvalue weighted by atomic mass is 10.3. The molecule has 0 aliphatic heterocycles. The van der Waals surface area contributed by atoms with Gasteiger partial charge in [-0.3, -0.25) is 4.98 Å². The molecule has 96 valence electrons. The number of benzene rings is 1. The number of aromatic nitrogens is 5. The zero-order valence-electron chi connectivity index (χ0n) is 10.0. The van der Waals surface area contributed by atoms with E-state index in [9.17, 15) is 0 Å². The van der Waals surface area contributed by atoms with E-state index in [1.807, 2.05) is 0 Å². The lowest BCUT2D eigenvalue weighted by Gasteiger charge is -2.08. The highest BCUT2D eigenvalue weighted by Crippen LogP contribution is 2.28. The summed E-state index contributed by atoms with van der Waals surface area (Å²) in [5.74, 6) is 1.53. The van der Waals surface area contributed by atoms with E-state index in [0.29, 0.717) is 28.7 Å². The Bertz CT molecular complexity index is 726. The second-order valence-corrected chi connectivity index (χ2v) is 3.70. The van der Waals surface area contributed by atoms with Crippen LogP contribution in [-0.2, 0) is 0 Å². The smallest absolute Gasteiger partial charge is 0.242 e. The van der Waals surface area contributed by atoms with Crippen LogP contribution in [0.4, 0.5) is 5.69 Å². The number of hydrogen-bond donors (Lipinski definition) is 1. The Labute approximate surface area is 107 Å². The normalized spacial score (nSPS) is 10.6. The summed E-state index contributed by atoms with van der Waals surface area (Å²) in [5, 5.41) is 11.1. The van der Waals surface area contributed by atoms with Crippen molar-refractivity contribution in [3.8, 4) is 17.4 Å². The number of tetrazole rings is 1. The highest BCUT2D eigenvalue weighted by atomic mass is 16.5. The van der Waals surface area contributed by atoms with Gasteiger partial charge in [-0.1, -0.05) is 0 Å². The van der Waals surface area contributed by atoms with Gasteiger partial charge in [-0.25, -0.2) is 0 Å². The van der Waals surface area contributed by atoms with E-state index in [2.05, 4.69) is 20.5 Å². The van der Waals surface area contributed by atoms with Gasteiger partial charge in [-0.15, -0.1) is 5.10 Å². The third-order valence-electron chi connectivity index (χ3n) is 2.50. The van der Waals surface area contributed by atoms with E-state index in [1.165, 1.54) is 16.9 Å². The average Bonchev–Trinajstić information content (AvgIpc) is 2.88. The molecule has 2 N–H and O–H groups in total. The number of nitrogen functional groups attached to an aromatic ring is 1. The van der Waals surface area contributed by atoms with Crippen molar-refractivity contribution in [3.05, 3.63) is 30.6 Å². The standard InChI is InChI=1S/C11H10N6O2/c1-18-9-3-2-7(4-8(9)12)19-11-6-13-5-10-14-15-16-17(10)11/h2-6H,12H2,1H3. The lowest BCUT2D eigenvalue weighted by molar-refractivity contribution is 0.413. The number of hydrogen-bond acceptors (Lipinski definition) is 7. The summed E-state index contributed by atoms with van der Waals surface area (Å²) in [5.41, 5.74) is 6.79. The van der Waals surface area contributed by atoms with Crippen molar-refractivity contribution in [2.24, 2.45) is 0 Å².